The quantitative estimate of drug-likeness (QED) is 0.634. The van der Waals surface area contributed by atoms with E-state index in [1.54, 1.807) is 19.5 Å². The summed E-state index contributed by atoms with van der Waals surface area (Å²) < 4.78 is 20.2. The van der Waals surface area contributed by atoms with E-state index in [4.69, 9.17) is 16.3 Å². The highest BCUT2D eigenvalue weighted by Crippen LogP contribution is 2.41. The van der Waals surface area contributed by atoms with Gasteiger partial charge in [0.2, 0.25) is 0 Å². The number of H-pyrrole nitrogens is 1. The number of aromatic amines is 1. The third-order valence-electron chi connectivity index (χ3n) is 4.67. The van der Waals surface area contributed by atoms with Gasteiger partial charge in [0.15, 0.2) is 11.5 Å². The molecule has 3 N–H and O–H groups in total. The normalized spacial score (nSPS) is 15.7. The topological polar surface area (TPSA) is 87.8 Å². The molecule has 1 aliphatic rings. The monoisotopic (exact) mass is 376 g/mol. The van der Waals surface area contributed by atoms with Gasteiger partial charge in [-0.05, 0) is 13.0 Å². The predicted octanol–water partition coefficient (Wildman–Crippen LogP) is 3.01. The van der Waals surface area contributed by atoms with Gasteiger partial charge in [-0.3, -0.25) is 0 Å². The Kier molecular flexibility index (Phi) is 4.37. The molecule has 4 rings (SSSR count). The fourth-order valence-electron chi connectivity index (χ4n) is 3.21. The summed E-state index contributed by atoms with van der Waals surface area (Å²) in [7, 11) is 1.55. The van der Waals surface area contributed by atoms with Gasteiger partial charge < -0.3 is 20.4 Å². The summed E-state index contributed by atoms with van der Waals surface area (Å²) in [5.41, 5.74) is 2.57. The van der Waals surface area contributed by atoms with Crippen LogP contribution in [0, 0.1) is 5.82 Å². The summed E-state index contributed by atoms with van der Waals surface area (Å²) in [6.07, 6.45) is 3.00. The van der Waals surface area contributed by atoms with Crippen LogP contribution in [0.4, 0.5) is 10.2 Å². The molecular weight excluding hydrogens is 359 g/mol. The Labute approximate surface area is 154 Å². The Morgan fingerprint density at radius 2 is 2.15 bits per heavy atom. The number of nitrogens with zero attached hydrogens (tertiary/aromatic N) is 3. The minimum absolute atomic E-state index is 0.0490. The number of imidazole rings is 1. The molecule has 1 fully saturated rings. The Morgan fingerprint density at radius 3 is 2.85 bits per heavy atom. The van der Waals surface area contributed by atoms with Gasteiger partial charge in [0.05, 0.1) is 24.5 Å². The number of aromatic nitrogens is 4. The number of ether oxygens (including phenoxy) is 1. The number of hydrogen-bond acceptors (Lipinski definition) is 6. The first-order valence-electron chi connectivity index (χ1n) is 8.27. The first-order valence-corrected chi connectivity index (χ1v) is 8.65. The van der Waals surface area contributed by atoms with Crippen molar-refractivity contribution in [2.75, 3.05) is 25.5 Å². The smallest absolute Gasteiger partial charge is 0.182 e. The molecule has 0 aliphatic carbocycles. The van der Waals surface area contributed by atoms with Crippen LogP contribution in [-0.2, 0) is 0 Å². The van der Waals surface area contributed by atoms with Crippen molar-refractivity contribution in [2.45, 2.75) is 18.9 Å². The van der Waals surface area contributed by atoms with Gasteiger partial charge in [0, 0.05) is 30.1 Å². The van der Waals surface area contributed by atoms with Crippen LogP contribution in [0.15, 0.2) is 18.7 Å². The summed E-state index contributed by atoms with van der Waals surface area (Å²) in [6.45, 7) is 3.35. The highest BCUT2D eigenvalue weighted by molar-refractivity contribution is 6.31. The van der Waals surface area contributed by atoms with Crippen molar-refractivity contribution < 1.29 is 9.13 Å². The molecule has 0 amide bonds. The van der Waals surface area contributed by atoms with Crippen LogP contribution in [0.3, 0.4) is 0 Å². The van der Waals surface area contributed by atoms with Gasteiger partial charge in [0.25, 0.3) is 0 Å². The number of anilines is 1. The Bertz CT molecular complexity index is 958. The van der Waals surface area contributed by atoms with Crippen molar-refractivity contribution in [2.24, 2.45) is 0 Å². The number of fused-ring (bicyclic) bond motifs is 1. The summed E-state index contributed by atoms with van der Waals surface area (Å²) >= 11 is 6.18. The summed E-state index contributed by atoms with van der Waals surface area (Å²) in [4.78, 5) is 15.5. The van der Waals surface area contributed by atoms with Crippen molar-refractivity contribution in [1.29, 1.82) is 0 Å². The van der Waals surface area contributed by atoms with Crippen molar-refractivity contribution in [3.8, 4) is 5.75 Å². The predicted molar refractivity (Wildman–Crippen MR) is 97.3 cm³/mol. The molecule has 1 saturated heterocycles. The van der Waals surface area contributed by atoms with Gasteiger partial charge in [-0.1, -0.05) is 11.6 Å². The summed E-state index contributed by atoms with van der Waals surface area (Å²) in [5, 5.41) is 6.55. The second-order valence-electron chi connectivity index (χ2n) is 6.25. The molecule has 0 bridgehead atoms. The molecule has 1 aliphatic heterocycles. The third-order valence-corrected chi connectivity index (χ3v) is 4.95. The maximum absolute atomic E-state index is 14.7. The third kappa shape index (κ3) is 2.75. The molecule has 2 aromatic heterocycles. The van der Waals surface area contributed by atoms with Gasteiger partial charge in [0.1, 0.15) is 23.4 Å². The maximum Gasteiger partial charge on any atom is 0.182 e. The van der Waals surface area contributed by atoms with Crippen LogP contribution in [0.25, 0.3) is 11.2 Å². The van der Waals surface area contributed by atoms with Crippen molar-refractivity contribution >= 4 is 28.6 Å². The molecule has 1 aromatic carbocycles. The van der Waals surface area contributed by atoms with Crippen LogP contribution >= 0.6 is 11.6 Å². The van der Waals surface area contributed by atoms with Crippen LogP contribution in [0.1, 0.15) is 30.0 Å². The number of methoxy groups -OCH3 is 1. The van der Waals surface area contributed by atoms with E-state index in [0.717, 1.165) is 5.56 Å². The number of benzene rings is 1. The van der Waals surface area contributed by atoms with E-state index >= 15 is 0 Å². The lowest BCUT2D eigenvalue weighted by atomic mass is 9.89. The Balaban J connectivity index is 1.74. The molecule has 9 heteroatoms. The van der Waals surface area contributed by atoms with E-state index in [2.05, 4.69) is 30.6 Å². The highest BCUT2D eigenvalue weighted by Gasteiger charge is 2.30. The minimum atomic E-state index is -0.413. The number of rotatable bonds is 5. The molecule has 7 nitrogen and oxygen atoms in total. The Morgan fingerprint density at radius 1 is 1.35 bits per heavy atom. The maximum atomic E-state index is 14.7. The zero-order valence-electron chi connectivity index (χ0n) is 14.3. The second kappa shape index (κ2) is 6.69. The van der Waals surface area contributed by atoms with Gasteiger partial charge in [-0.15, -0.1) is 0 Å². The van der Waals surface area contributed by atoms with E-state index in [9.17, 15) is 4.39 Å². The number of nitrogens with one attached hydrogen (secondary N) is 3. The molecule has 1 unspecified atom stereocenters. The van der Waals surface area contributed by atoms with Crippen molar-refractivity contribution in [1.82, 2.24) is 25.3 Å². The van der Waals surface area contributed by atoms with E-state index in [0.29, 0.717) is 41.4 Å². The van der Waals surface area contributed by atoms with Crippen LogP contribution in [0.2, 0.25) is 5.02 Å². The molecular formula is C17H18ClFN6O. The fourth-order valence-corrected chi connectivity index (χ4v) is 3.43. The molecule has 3 heterocycles. The van der Waals surface area contributed by atoms with Crippen molar-refractivity contribution in [3.05, 3.63) is 40.7 Å². The minimum Gasteiger partial charge on any atom is -0.496 e. The lowest BCUT2D eigenvalue weighted by Crippen LogP contribution is -2.40. The number of halogens is 2. The fraction of sp³-hybridized carbons (Fsp3) is 0.353. The zero-order chi connectivity index (χ0) is 18.3. The van der Waals surface area contributed by atoms with Crippen LogP contribution < -0.4 is 15.4 Å². The summed E-state index contributed by atoms with van der Waals surface area (Å²) in [6, 6.07) is 1.38. The summed E-state index contributed by atoms with van der Waals surface area (Å²) in [5.74, 6) is 0.764. The van der Waals surface area contributed by atoms with E-state index in [1.165, 1.54) is 6.33 Å². The standard InChI is InChI=1S/C17H18ClFN6O/c1-8(25-17-14-16(22-6-21-14)23-7-24-17)10-3-11(18)13(19)12(15(10)26-2)9-4-20-5-9/h3,6-9,20H,4-5H2,1-2H3,(H2,21,22,23,24,25). The van der Waals surface area contributed by atoms with E-state index in [-0.39, 0.29) is 17.0 Å². The van der Waals surface area contributed by atoms with Gasteiger partial charge in [-0.25, -0.2) is 19.3 Å². The van der Waals surface area contributed by atoms with Crippen LogP contribution in [-0.4, -0.2) is 40.1 Å². The van der Waals surface area contributed by atoms with E-state index < -0.39 is 5.82 Å². The molecule has 3 aromatic rings. The lowest BCUT2D eigenvalue weighted by molar-refractivity contribution is 0.369. The molecule has 136 valence electrons. The largest absolute Gasteiger partial charge is 0.496 e. The van der Waals surface area contributed by atoms with Gasteiger partial charge >= 0.3 is 0 Å². The van der Waals surface area contributed by atoms with Crippen LogP contribution in [0.5, 0.6) is 5.75 Å². The average molecular weight is 377 g/mol. The van der Waals surface area contributed by atoms with Gasteiger partial charge in [-0.2, -0.15) is 0 Å². The second-order valence-corrected chi connectivity index (χ2v) is 6.66. The first kappa shape index (κ1) is 17.0. The Hall–Kier alpha value is -2.45. The molecule has 0 saturated carbocycles. The van der Waals surface area contributed by atoms with E-state index in [1.807, 2.05) is 6.92 Å². The number of hydrogen-bond donors (Lipinski definition) is 3. The molecule has 26 heavy (non-hydrogen) atoms. The first-order chi connectivity index (χ1) is 12.6. The molecule has 0 spiro atoms. The highest BCUT2D eigenvalue weighted by atomic mass is 35.5. The average Bonchev–Trinajstić information content (AvgIpc) is 3.07. The molecule has 0 radical (unpaired) electrons. The zero-order valence-corrected chi connectivity index (χ0v) is 15.1. The van der Waals surface area contributed by atoms with Crippen molar-refractivity contribution in [3.63, 3.8) is 0 Å². The molecule has 1 atom stereocenters. The lowest BCUT2D eigenvalue weighted by Gasteiger charge is -2.31. The SMILES string of the molecule is COc1c(C(C)Nc2ncnc3nc[nH]c23)cc(Cl)c(F)c1C1CNC1.